The summed E-state index contributed by atoms with van der Waals surface area (Å²) in [5.74, 6) is 1.06. The summed E-state index contributed by atoms with van der Waals surface area (Å²) in [4.78, 5) is 0. The van der Waals surface area contributed by atoms with Gasteiger partial charge in [-0.2, -0.15) is 0 Å². The van der Waals surface area contributed by atoms with Gasteiger partial charge in [0.2, 0.25) is 0 Å². The Kier molecular flexibility index (Phi) is 3.10. The molecule has 2 rings (SSSR count). The van der Waals surface area contributed by atoms with Gasteiger partial charge in [-0.05, 0) is 36.0 Å². The van der Waals surface area contributed by atoms with Gasteiger partial charge in [-0.15, -0.1) is 0 Å². The van der Waals surface area contributed by atoms with Gasteiger partial charge in [0.25, 0.3) is 0 Å². The van der Waals surface area contributed by atoms with E-state index >= 15 is 0 Å². The first-order valence-electron chi connectivity index (χ1n) is 6.56. The zero-order valence-corrected chi connectivity index (χ0v) is 12.2. The highest BCUT2D eigenvalue weighted by atomic mass is 32.2. The summed E-state index contributed by atoms with van der Waals surface area (Å²) < 4.78 is 22.3. The van der Waals surface area contributed by atoms with Crippen LogP contribution in [0.2, 0.25) is 0 Å². The number of hydrogen-bond acceptors (Lipinski definition) is 3. The predicted octanol–water partition coefficient (Wildman–Crippen LogP) is 1.84. The molecule has 0 aromatic rings. The Morgan fingerprint density at radius 3 is 2.41 bits per heavy atom. The molecule has 2 fully saturated rings. The molecular weight excluding hydrogens is 234 g/mol. The lowest BCUT2D eigenvalue weighted by molar-refractivity contribution is 0.111. The van der Waals surface area contributed by atoms with Crippen molar-refractivity contribution in [2.75, 3.05) is 18.6 Å². The molecule has 17 heavy (non-hydrogen) atoms. The highest BCUT2D eigenvalue weighted by Gasteiger charge is 2.58. The van der Waals surface area contributed by atoms with Gasteiger partial charge in [0.05, 0.1) is 5.75 Å². The van der Waals surface area contributed by atoms with Crippen molar-refractivity contribution in [3.8, 4) is 0 Å². The van der Waals surface area contributed by atoms with Gasteiger partial charge in [-0.3, -0.25) is 0 Å². The Morgan fingerprint density at radius 1 is 1.29 bits per heavy atom. The van der Waals surface area contributed by atoms with E-state index in [4.69, 9.17) is 0 Å². The zero-order chi connectivity index (χ0) is 12.9. The maximum Gasteiger partial charge on any atom is 0.148 e. The summed E-state index contributed by atoms with van der Waals surface area (Å²) in [6.07, 6.45) is 5.24. The maximum absolute atomic E-state index is 11.2. The van der Waals surface area contributed by atoms with E-state index in [1.165, 1.54) is 25.5 Å². The molecule has 2 bridgehead atoms. The average molecular weight is 259 g/mol. The predicted molar refractivity (Wildman–Crippen MR) is 70.7 cm³/mol. The van der Waals surface area contributed by atoms with E-state index in [1.54, 1.807) is 0 Å². The fourth-order valence-electron chi connectivity index (χ4n) is 4.20. The lowest BCUT2D eigenvalue weighted by Crippen LogP contribution is -2.51. The summed E-state index contributed by atoms with van der Waals surface area (Å²) >= 11 is 0. The highest BCUT2D eigenvalue weighted by molar-refractivity contribution is 7.90. The molecule has 1 N–H and O–H groups in total. The van der Waals surface area contributed by atoms with Gasteiger partial charge in [0.1, 0.15) is 9.84 Å². The third kappa shape index (κ3) is 2.39. The Labute approximate surface area is 105 Å². The standard InChI is InChI=1S/C13H25NO2S/c1-12(2)10-5-6-13(3,9-10)11(12)14-7-8-17(4,15)16/h10-11,14H,5-9H2,1-4H3. The number of nitrogens with one attached hydrogen (secondary N) is 1. The molecule has 0 saturated heterocycles. The van der Waals surface area contributed by atoms with Crippen molar-refractivity contribution in [2.45, 2.75) is 46.1 Å². The Morgan fingerprint density at radius 2 is 1.94 bits per heavy atom. The molecule has 0 amide bonds. The van der Waals surface area contributed by atoms with Crippen molar-refractivity contribution in [3.63, 3.8) is 0 Å². The molecule has 3 nitrogen and oxygen atoms in total. The van der Waals surface area contributed by atoms with Crippen LogP contribution in [-0.2, 0) is 9.84 Å². The minimum absolute atomic E-state index is 0.250. The summed E-state index contributed by atoms with van der Waals surface area (Å²) in [5, 5.41) is 3.52. The quantitative estimate of drug-likeness (QED) is 0.838. The lowest BCUT2D eigenvalue weighted by atomic mass is 9.68. The number of hydrogen-bond donors (Lipinski definition) is 1. The first kappa shape index (κ1) is 13.3. The molecule has 2 aliphatic carbocycles. The van der Waals surface area contributed by atoms with E-state index in [-0.39, 0.29) is 5.75 Å². The number of sulfone groups is 1. The fraction of sp³-hybridized carbons (Fsp3) is 1.00. The average Bonchev–Trinajstić information content (AvgIpc) is 2.60. The summed E-state index contributed by atoms with van der Waals surface area (Å²) in [6.45, 7) is 7.62. The SMILES string of the molecule is CC12CCC(C1)C(C)(C)C2NCCS(C)(=O)=O. The molecule has 3 atom stereocenters. The largest absolute Gasteiger partial charge is 0.312 e. The number of rotatable bonds is 4. The molecule has 0 heterocycles. The zero-order valence-electron chi connectivity index (χ0n) is 11.4. The van der Waals surface area contributed by atoms with Crippen LogP contribution < -0.4 is 5.32 Å². The Bertz CT molecular complexity index is 397. The molecule has 4 heteroatoms. The van der Waals surface area contributed by atoms with Crippen LogP contribution in [0.25, 0.3) is 0 Å². The molecule has 100 valence electrons. The smallest absolute Gasteiger partial charge is 0.148 e. The second-order valence-electron chi connectivity index (χ2n) is 6.93. The molecule has 2 saturated carbocycles. The van der Waals surface area contributed by atoms with Crippen LogP contribution >= 0.6 is 0 Å². The van der Waals surface area contributed by atoms with Crippen LogP contribution in [0.1, 0.15) is 40.0 Å². The van der Waals surface area contributed by atoms with Crippen LogP contribution in [-0.4, -0.2) is 33.0 Å². The molecule has 0 aliphatic heterocycles. The minimum atomic E-state index is -2.85. The topological polar surface area (TPSA) is 46.2 Å². The van der Waals surface area contributed by atoms with Crippen LogP contribution in [0.4, 0.5) is 0 Å². The molecule has 2 aliphatic rings. The van der Waals surface area contributed by atoms with Crippen molar-refractivity contribution in [1.82, 2.24) is 5.32 Å². The van der Waals surface area contributed by atoms with Gasteiger partial charge in [-0.1, -0.05) is 20.8 Å². The normalized spacial score (nSPS) is 39.8. The Hall–Kier alpha value is -0.0900. The second kappa shape index (κ2) is 3.95. The molecule has 0 aromatic carbocycles. The molecule has 3 unspecified atom stereocenters. The van der Waals surface area contributed by atoms with Crippen molar-refractivity contribution in [2.24, 2.45) is 16.7 Å². The van der Waals surface area contributed by atoms with Crippen molar-refractivity contribution >= 4 is 9.84 Å². The van der Waals surface area contributed by atoms with E-state index in [0.29, 0.717) is 23.4 Å². The molecule has 0 radical (unpaired) electrons. The third-order valence-corrected chi connectivity index (χ3v) is 6.04. The van der Waals surface area contributed by atoms with Gasteiger partial charge < -0.3 is 5.32 Å². The third-order valence-electron chi connectivity index (χ3n) is 5.09. The maximum atomic E-state index is 11.2. The first-order chi connectivity index (χ1) is 7.65. The van der Waals surface area contributed by atoms with E-state index in [9.17, 15) is 8.42 Å². The summed E-state index contributed by atoms with van der Waals surface area (Å²) in [6, 6.07) is 0.468. The van der Waals surface area contributed by atoms with Gasteiger partial charge in [-0.25, -0.2) is 8.42 Å². The van der Waals surface area contributed by atoms with Crippen molar-refractivity contribution in [1.29, 1.82) is 0 Å². The van der Waals surface area contributed by atoms with Crippen molar-refractivity contribution in [3.05, 3.63) is 0 Å². The summed E-state index contributed by atoms with van der Waals surface area (Å²) in [7, 11) is -2.85. The molecule has 0 spiro atoms. The monoisotopic (exact) mass is 259 g/mol. The lowest BCUT2D eigenvalue weighted by Gasteiger charge is -2.43. The summed E-state index contributed by atoms with van der Waals surface area (Å²) in [5.41, 5.74) is 0.691. The van der Waals surface area contributed by atoms with Crippen LogP contribution in [0.3, 0.4) is 0 Å². The van der Waals surface area contributed by atoms with Crippen LogP contribution in [0, 0.1) is 16.7 Å². The van der Waals surface area contributed by atoms with Gasteiger partial charge in [0.15, 0.2) is 0 Å². The van der Waals surface area contributed by atoms with Crippen LogP contribution in [0.15, 0.2) is 0 Å². The molecular formula is C13H25NO2S. The van der Waals surface area contributed by atoms with Gasteiger partial charge in [0, 0.05) is 18.8 Å². The van der Waals surface area contributed by atoms with Gasteiger partial charge >= 0.3 is 0 Å². The van der Waals surface area contributed by atoms with Crippen LogP contribution in [0.5, 0.6) is 0 Å². The van der Waals surface area contributed by atoms with E-state index in [1.807, 2.05) is 0 Å². The number of fused-ring (bicyclic) bond motifs is 2. The molecule has 0 aromatic heterocycles. The van der Waals surface area contributed by atoms with E-state index < -0.39 is 9.84 Å². The van der Waals surface area contributed by atoms with E-state index in [0.717, 1.165) is 5.92 Å². The minimum Gasteiger partial charge on any atom is -0.312 e. The van der Waals surface area contributed by atoms with E-state index in [2.05, 4.69) is 26.1 Å². The Balaban J connectivity index is 2.01. The second-order valence-corrected chi connectivity index (χ2v) is 9.19. The fourth-order valence-corrected chi connectivity index (χ4v) is 4.69. The first-order valence-corrected chi connectivity index (χ1v) is 8.62. The van der Waals surface area contributed by atoms with Crippen molar-refractivity contribution < 1.29 is 8.42 Å². The highest BCUT2D eigenvalue weighted by Crippen LogP contribution is 2.62.